The van der Waals surface area contributed by atoms with Crippen LogP contribution in [0.3, 0.4) is 0 Å². The van der Waals surface area contributed by atoms with Gasteiger partial charge in [-0.1, -0.05) is 23.8 Å². The molecule has 0 unspecified atom stereocenters. The zero-order chi connectivity index (χ0) is 14.7. The minimum absolute atomic E-state index is 0.162. The van der Waals surface area contributed by atoms with Crippen molar-refractivity contribution in [2.75, 3.05) is 6.61 Å². The molecule has 3 nitrogen and oxygen atoms in total. The largest absolute Gasteiger partial charge is 0.453 e. The monoisotopic (exact) mass is 288 g/mol. The average molecular weight is 288 g/mol. The molecule has 0 atom stereocenters. The average Bonchev–Trinajstić information content (AvgIpc) is 2.88. The highest BCUT2D eigenvalue weighted by molar-refractivity contribution is 7.11. The second kappa shape index (κ2) is 6.01. The fraction of sp³-hybridized carbons (Fsp3) is 0.250. The number of ketones is 1. The van der Waals surface area contributed by atoms with E-state index in [0.717, 1.165) is 16.7 Å². The number of rotatable bonds is 4. The first-order valence-corrected chi connectivity index (χ1v) is 7.18. The molecular weight excluding hydrogens is 272 g/mol. The Morgan fingerprint density at radius 2 is 1.80 bits per heavy atom. The smallest absolute Gasteiger partial charge is 0.348 e. The van der Waals surface area contributed by atoms with Crippen LogP contribution in [0.25, 0.3) is 0 Å². The van der Waals surface area contributed by atoms with Gasteiger partial charge in [-0.2, -0.15) is 0 Å². The third-order valence-electron chi connectivity index (χ3n) is 3.01. The van der Waals surface area contributed by atoms with E-state index >= 15 is 0 Å². The second-order valence-corrected chi connectivity index (χ2v) is 5.70. The van der Waals surface area contributed by atoms with Crippen LogP contribution in [0.2, 0.25) is 0 Å². The van der Waals surface area contributed by atoms with Gasteiger partial charge in [0.05, 0.1) is 0 Å². The van der Waals surface area contributed by atoms with Crippen molar-refractivity contribution in [3.63, 3.8) is 0 Å². The van der Waals surface area contributed by atoms with Crippen LogP contribution < -0.4 is 0 Å². The van der Waals surface area contributed by atoms with E-state index in [0.29, 0.717) is 10.4 Å². The minimum Gasteiger partial charge on any atom is -0.453 e. The maximum atomic E-state index is 12.2. The van der Waals surface area contributed by atoms with Crippen LogP contribution in [-0.4, -0.2) is 18.4 Å². The first-order chi connectivity index (χ1) is 9.49. The number of hydrogen-bond acceptors (Lipinski definition) is 4. The summed E-state index contributed by atoms with van der Waals surface area (Å²) in [6.07, 6.45) is 0. The standard InChI is InChI=1S/C16H16O3S/c1-10-7-11(2)15(12(3)8-10)13(17)9-19-16(18)14-5-4-6-20-14/h4-8H,9H2,1-3H3. The van der Waals surface area contributed by atoms with Crippen molar-refractivity contribution in [2.45, 2.75) is 20.8 Å². The third-order valence-corrected chi connectivity index (χ3v) is 3.86. The van der Waals surface area contributed by atoms with Gasteiger partial charge in [0.1, 0.15) is 4.88 Å². The molecule has 0 bridgehead atoms. The Labute approximate surface area is 122 Å². The molecule has 0 saturated heterocycles. The lowest BCUT2D eigenvalue weighted by Crippen LogP contribution is -2.15. The van der Waals surface area contributed by atoms with Crippen molar-refractivity contribution in [2.24, 2.45) is 0 Å². The van der Waals surface area contributed by atoms with E-state index in [1.54, 1.807) is 17.5 Å². The molecular formula is C16H16O3S. The number of Topliss-reactive ketones (excluding diaryl/α,β-unsaturated/α-hetero) is 1. The molecule has 0 fully saturated rings. The Morgan fingerprint density at radius 3 is 2.35 bits per heavy atom. The van der Waals surface area contributed by atoms with E-state index in [1.807, 2.05) is 32.9 Å². The maximum absolute atomic E-state index is 12.2. The van der Waals surface area contributed by atoms with Gasteiger partial charge < -0.3 is 4.74 Å². The molecule has 0 spiro atoms. The van der Waals surface area contributed by atoms with Crippen molar-refractivity contribution in [1.82, 2.24) is 0 Å². The highest BCUT2D eigenvalue weighted by Crippen LogP contribution is 2.17. The normalized spacial score (nSPS) is 10.3. The first-order valence-electron chi connectivity index (χ1n) is 6.30. The van der Waals surface area contributed by atoms with Crippen molar-refractivity contribution < 1.29 is 14.3 Å². The van der Waals surface area contributed by atoms with Crippen LogP contribution >= 0.6 is 11.3 Å². The van der Waals surface area contributed by atoms with Crippen LogP contribution in [-0.2, 0) is 4.74 Å². The summed E-state index contributed by atoms with van der Waals surface area (Å²) < 4.78 is 5.06. The molecule has 1 aromatic carbocycles. The summed E-state index contributed by atoms with van der Waals surface area (Å²) in [7, 11) is 0. The number of carbonyl (C=O) groups excluding carboxylic acids is 2. The number of hydrogen-bond donors (Lipinski definition) is 0. The van der Waals surface area contributed by atoms with E-state index in [1.165, 1.54) is 11.3 Å². The van der Waals surface area contributed by atoms with E-state index < -0.39 is 5.97 Å². The first kappa shape index (κ1) is 14.5. The Balaban J connectivity index is 2.08. The molecule has 0 aliphatic rings. The topological polar surface area (TPSA) is 43.4 Å². The van der Waals surface area contributed by atoms with Crippen molar-refractivity contribution in [3.8, 4) is 0 Å². The van der Waals surface area contributed by atoms with Crippen LogP contribution in [0.15, 0.2) is 29.6 Å². The number of esters is 1. The molecule has 1 aromatic heterocycles. The van der Waals surface area contributed by atoms with Gasteiger partial charge in [-0.15, -0.1) is 11.3 Å². The summed E-state index contributed by atoms with van der Waals surface area (Å²) >= 11 is 1.30. The van der Waals surface area contributed by atoms with Gasteiger partial charge in [-0.3, -0.25) is 4.79 Å². The molecule has 0 N–H and O–H groups in total. The second-order valence-electron chi connectivity index (χ2n) is 4.75. The molecule has 4 heteroatoms. The Kier molecular flexibility index (Phi) is 4.35. The maximum Gasteiger partial charge on any atom is 0.348 e. The summed E-state index contributed by atoms with van der Waals surface area (Å²) in [5, 5.41) is 1.80. The number of thiophene rings is 1. The molecule has 0 saturated carbocycles. The number of aryl methyl sites for hydroxylation is 3. The molecule has 104 valence electrons. The van der Waals surface area contributed by atoms with Crippen molar-refractivity contribution in [3.05, 3.63) is 56.8 Å². The van der Waals surface area contributed by atoms with E-state index in [2.05, 4.69) is 0 Å². The SMILES string of the molecule is Cc1cc(C)c(C(=O)COC(=O)c2cccs2)c(C)c1. The molecule has 0 amide bonds. The van der Waals surface area contributed by atoms with E-state index in [4.69, 9.17) is 4.74 Å². The van der Waals surface area contributed by atoms with Gasteiger partial charge >= 0.3 is 5.97 Å². The van der Waals surface area contributed by atoms with Crippen LogP contribution in [0.1, 0.15) is 36.7 Å². The number of carbonyl (C=O) groups is 2. The van der Waals surface area contributed by atoms with Gasteiger partial charge in [0.15, 0.2) is 6.61 Å². The fourth-order valence-electron chi connectivity index (χ4n) is 2.29. The Morgan fingerprint density at radius 1 is 1.15 bits per heavy atom. The van der Waals surface area contributed by atoms with Crippen LogP contribution in [0.5, 0.6) is 0 Å². The summed E-state index contributed by atoms with van der Waals surface area (Å²) in [4.78, 5) is 24.4. The molecule has 0 aliphatic heterocycles. The van der Waals surface area contributed by atoms with Crippen LogP contribution in [0, 0.1) is 20.8 Å². The molecule has 0 aliphatic carbocycles. The van der Waals surface area contributed by atoms with Gasteiger partial charge in [0.25, 0.3) is 0 Å². The van der Waals surface area contributed by atoms with Gasteiger partial charge in [0.2, 0.25) is 5.78 Å². The summed E-state index contributed by atoms with van der Waals surface area (Å²) in [6.45, 7) is 5.56. The van der Waals surface area contributed by atoms with Gasteiger partial charge in [0, 0.05) is 5.56 Å². The predicted molar refractivity (Wildman–Crippen MR) is 79.6 cm³/mol. The highest BCUT2D eigenvalue weighted by Gasteiger charge is 2.16. The molecule has 20 heavy (non-hydrogen) atoms. The Bertz CT molecular complexity index is 619. The fourth-order valence-corrected chi connectivity index (χ4v) is 2.90. The molecule has 1 heterocycles. The minimum atomic E-state index is -0.448. The summed E-state index contributed by atoms with van der Waals surface area (Å²) in [6, 6.07) is 7.37. The lowest BCUT2D eigenvalue weighted by atomic mass is 9.97. The van der Waals surface area contributed by atoms with Crippen LogP contribution in [0.4, 0.5) is 0 Å². The third kappa shape index (κ3) is 3.14. The lowest BCUT2D eigenvalue weighted by molar-refractivity contribution is 0.0479. The van der Waals surface area contributed by atoms with Crippen molar-refractivity contribution >= 4 is 23.1 Å². The van der Waals surface area contributed by atoms with Gasteiger partial charge in [-0.25, -0.2) is 4.79 Å². The predicted octanol–water partition coefficient (Wildman–Crippen LogP) is 3.71. The molecule has 2 aromatic rings. The number of benzene rings is 1. The molecule has 2 rings (SSSR count). The van der Waals surface area contributed by atoms with Gasteiger partial charge in [-0.05, 0) is 43.3 Å². The quantitative estimate of drug-likeness (QED) is 0.636. The van der Waals surface area contributed by atoms with E-state index in [9.17, 15) is 9.59 Å². The Hall–Kier alpha value is -1.94. The summed E-state index contributed by atoms with van der Waals surface area (Å²) in [5.74, 6) is -0.610. The highest BCUT2D eigenvalue weighted by atomic mass is 32.1. The molecule has 0 radical (unpaired) electrons. The summed E-state index contributed by atoms with van der Waals surface area (Å²) in [5.41, 5.74) is 3.60. The van der Waals surface area contributed by atoms with E-state index in [-0.39, 0.29) is 12.4 Å². The lowest BCUT2D eigenvalue weighted by Gasteiger charge is -2.10. The zero-order valence-electron chi connectivity index (χ0n) is 11.7. The zero-order valence-corrected chi connectivity index (χ0v) is 12.5. The van der Waals surface area contributed by atoms with Crippen molar-refractivity contribution in [1.29, 1.82) is 0 Å². The number of ether oxygens (including phenoxy) is 1.